The number of piperidine rings is 1. The zero-order valence-corrected chi connectivity index (χ0v) is 16.0. The smallest absolute Gasteiger partial charge is 0.220 e. The van der Waals surface area contributed by atoms with E-state index < -0.39 is 0 Å². The summed E-state index contributed by atoms with van der Waals surface area (Å²) in [4.78, 5) is 18.5. The standard InChI is InChI=1S/C20H32N4O2/c1-3-22-20(23-11-14-26-16-18-7-5-4-6-8-18)24-12-9-17(10-13-24)15-19(25)21-2/h4-8,17H,3,9-16H2,1-2H3,(H,21,25)(H,22,23). The Kier molecular flexibility index (Phi) is 8.96. The average Bonchev–Trinajstić information content (AvgIpc) is 2.68. The van der Waals surface area contributed by atoms with Gasteiger partial charge < -0.3 is 20.3 Å². The van der Waals surface area contributed by atoms with E-state index in [2.05, 4.69) is 34.6 Å². The first-order chi connectivity index (χ1) is 12.7. The topological polar surface area (TPSA) is 66.0 Å². The Morgan fingerprint density at radius 1 is 1.27 bits per heavy atom. The van der Waals surface area contributed by atoms with Crippen LogP contribution in [0.2, 0.25) is 0 Å². The summed E-state index contributed by atoms with van der Waals surface area (Å²) in [6.07, 6.45) is 2.69. The zero-order valence-electron chi connectivity index (χ0n) is 16.0. The Hall–Kier alpha value is -2.08. The molecule has 1 heterocycles. The summed E-state index contributed by atoms with van der Waals surface area (Å²) in [7, 11) is 1.70. The van der Waals surface area contributed by atoms with Crippen LogP contribution in [0.5, 0.6) is 0 Å². The van der Waals surface area contributed by atoms with E-state index in [0.29, 0.717) is 32.1 Å². The van der Waals surface area contributed by atoms with Crippen molar-refractivity contribution in [3.63, 3.8) is 0 Å². The summed E-state index contributed by atoms with van der Waals surface area (Å²) in [5.74, 6) is 1.57. The first-order valence-electron chi connectivity index (χ1n) is 9.58. The van der Waals surface area contributed by atoms with Crippen LogP contribution in [-0.2, 0) is 16.1 Å². The van der Waals surface area contributed by atoms with Gasteiger partial charge in [-0.2, -0.15) is 0 Å². The van der Waals surface area contributed by atoms with Gasteiger partial charge in [0.15, 0.2) is 5.96 Å². The van der Waals surface area contributed by atoms with Gasteiger partial charge in [0.25, 0.3) is 0 Å². The fourth-order valence-electron chi connectivity index (χ4n) is 3.12. The molecule has 6 heteroatoms. The minimum Gasteiger partial charge on any atom is -0.375 e. The molecule has 1 fully saturated rings. The Labute approximate surface area is 157 Å². The maximum atomic E-state index is 11.5. The van der Waals surface area contributed by atoms with Crippen LogP contribution >= 0.6 is 0 Å². The minimum absolute atomic E-state index is 0.139. The van der Waals surface area contributed by atoms with Crippen molar-refractivity contribution < 1.29 is 9.53 Å². The van der Waals surface area contributed by atoms with Crippen molar-refractivity contribution in [2.45, 2.75) is 32.8 Å². The summed E-state index contributed by atoms with van der Waals surface area (Å²) >= 11 is 0. The third-order valence-electron chi connectivity index (χ3n) is 4.61. The van der Waals surface area contributed by atoms with Gasteiger partial charge in [-0.05, 0) is 31.2 Å². The van der Waals surface area contributed by atoms with Crippen molar-refractivity contribution in [1.82, 2.24) is 15.5 Å². The number of ether oxygens (including phenoxy) is 1. The number of likely N-dealkylation sites (tertiary alicyclic amines) is 1. The van der Waals surface area contributed by atoms with Gasteiger partial charge in [-0.1, -0.05) is 30.3 Å². The molecule has 0 unspecified atom stereocenters. The molecule has 0 bridgehead atoms. The molecule has 2 rings (SSSR count). The van der Waals surface area contributed by atoms with E-state index in [1.54, 1.807) is 7.05 Å². The van der Waals surface area contributed by atoms with E-state index in [-0.39, 0.29) is 5.91 Å². The van der Waals surface area contributed by atoms with Gasteiger partial charge in [0.05, 0.1) is 19.8 Å². The van der Waals surface area contributed by atoms with E-state index in [1.165, 1.54) is 5.56 Å². The van der Waals surface area contributed by atoms with Crippen LogP contribution in [0, 0.1) is 5.92 Å². The van der Waals surface area contributed by atoms with Crippen LogP contribution in [0.4, 0.5) is 0 Å². The lowest BCUT2D eigenvalue weighted by molar-refractivity contribution is -0.121. The predicted molar refractivity (Wildman–Crippen MR) is 105 cm³/mol. The van der Waals surface area contributed by atoms with Crippen LogP contribution in [0.3, 0.4) is 0 Å². The maximum Gasteiger partial charge on any atom is 0.220 e. The van der Waals surface area contributed by atoms with Gasteiger partial charge in [0.2, 0.25) is 5.91 Å². The van der Waals surface area contributed by atoms with E-state index in [9.17, 15) is 4.79 Å². The molecule has 1 aliphatic heterocycles. The number of hydrogen-bond donors (Lipinski definition) is 2. The molecular formula is C20H32N4O2. The second-order valence-electron chi connectivity index (χ2n) is 6.58. The van der Waals surface area contributed by atoms with Crippen molar-refractivity contribution in [1.29, 1.82) is 0 Å². The normalized spacial score (nSPS) is 15.8. The SMILES string of the molecule is CCNC(=NCCOCc1ccccc1)N1CCC(CC(=O)NC)CC1. The number of amides is 1. The maximum absolute atomic E-state index is 11.5. The Morgan fingerprint density at radius 3 is 2.65 bits per heavy atom. The lowest BCUT2D eigenvalue weighted by Gasteiger charge is -2.34. The molecular weight excluding hydrogens is 328 g/mol. The number of aliphatic imine (C=N–C) groups is 1. The van der Waals surface area contributed by atoms with Crippen LogP contribution in [0.15, 0.2) is 35.3 Å². The lowest BCUT2D eigenvalue weighted by Crippen LogP contribution is -2.46. The van der Waals surface area contributed by atoms with Crippen LogP contribution in [0.25, 0.3) is 0 Å². The zero-order chi connectivity index (χ0) is 18.6. The fourth-order valence-corrected chi connectivity index (χ4v) is 3.12. The Morgan fingerprint density at radius 2 is 2.00 bits per heavy atom. The van der Waals surface area contributed by atoms with Gasteiger partial charge in [0, 0.05) is 33.1 Å². The van der Waals surface area contributed by atoms with E-state index in [1.807, 2.05) is 18.2 Å². The van der Waals surface area contributed by atoms with Crippen molar-refractivity contribution >= 4 is 11.9 Å². The van der Waals surface area contributed by atoms with Crippen LogP contribution < -0.4 is 10.6 Å². The molecule has 1 amide bonds. The van der Waals surface area contributed by atoms with E-state index in [0.717, 1.165) is 38.4 Å². The van der Waals surface area contributed by atoms with E-state index in [4.69, 9.17) is 9.73 Å². The molecule has 0 saturated carbocycles. The van der Waals surface area contributed by atoms with Gasteiger partial charge in [-0.3, -0.25) is 9.79 Å². The summed E-state index contributed by atoms with van der Waals surface area (Å²) in [5, 5.41) is 6.08. The monoisotopic (exact) mass is 360 g/mol. The van der Waals surface area contributed by atoms with Gasteiger partial charge in [0.1, 0.15) is 0 Å². The molecule has 1 aromatic rings. The quantitative estimate of drug-likeness (QED) is 0.423. The lowest BCUT2D eigenvalue weighted by atomic mass is 9.93. The average molecular weight is 361 g/mol. The predicted octanol–water partition coefficient (Wildman–Crippen LogP) is 2.02. The molecule has 0 radical (unpaired) electrons. The number of hydrogen-bond acceptors (Lipinski definition) is 3. The number of rotatable bonds is 8. The summed E-state index contributed by atoms with van der Waals surface area (Å²) in [6.45, 7) is 6.69. The molecule has 0 atom stereocenters. The molecule has 1 aromatic carbocycles. The number of guanidine groups is 1. The van der Waals surface area contributed by atoms with Crippen molar-refractivity contribution in [3.05, 3.63) is 35.9 Å². The van der Waals surface area contributed by atoms with Gasteiger partial charge >= 0.3 is 0 Å². The van der Waals surface area contributed by atoms with E-state index >= 15 is 0 Å². The highest BCUT2D eigenvalue weighted by Gasteiger charge is 2.22. The number of nitrogens with one attached hydrogen (secondary N) is 2. The highest BCUT2D eigenvalue weighted by molar-refractivity contribution is 5.80. The Balaban J connectivity index is 1.73. The molecule has 0 aromatic heterocycles. The molecule has 0 aliphatic carbocycles. The number of carbonyl (C=O) groups excluding carboxylic acids is 1. The minimum atomic E-state index is 0.139. The van der Waals surface area contributed by atoms with Gasteiger partial charge in [-0.25, -0.2) is 0 Å². The Bertz CT molecular complexity index is 554. The highest BCUT2D eigenvalue weighted by Crippen LogP contribution is 2.20. The number of benzene rings is 1. The molecule has 1 aliphatic rings. The summed E-state index contributed by atoms with van der Waals surface area (Å²) in [6, 6.07) is 10.2. The molecule has 26 heavy (non-hydrogen) atoms. The number of nitrogens with zero attached hydrogens (tertiary/aromatic N) is 2. The fraction of sp³-hybridized carbons (Fsp3) is 0.600. The summed E-state index contributed by atoms with van der Waals surface area (Å²) in [5.41, 5.74) is 1.18. The van der Waals surface area contributed by atoms with Gasteiger partial charge in [-0.15, -0.1) is 0 Å². The van der Waals surface area contributed by atoms with Crippen LogP contribution in [0.1, 0.15) is 31.7 Å². The van der Waals surface area contributed by atoms with Crippen LogP contribution in [-0.4, -0.2) is 56.6 Å². The van der Waals surface area contributed by atoms with Crippen molar-refractivity contribution in [2.24, 2.45) is 10.9 Å². The molecule has 0 spiro atoms. The number of carbonyl (C=O) groups is 1. The molecule has 144 valence electrons. The molecule has 6 nitrogen and oxygen atoms in total. The third kappa shape index (κ3) is 7.04. The largest absolute Gasteiger partial charge is 0.375 e. The second kappa shape index (κ2) is 11.5. The second-order valence-corrected chi connectivity index (χ2v) is 6.58. The highest BCUT2D eigenvalue weighted by atomic mass is 16.5. The van der Waals surface area contributed by atoms with Crippen molar-refractivity contribution in [3.8, 4) is 0 Å². The third-order valence-corrected chi connectivity index (χ3v) is 4.61. The first-order valence-corrected chi connectivity index (χ1v) is 9.58. The van der Waals surface area contributed by atoms with Crippen molar-refractivity contribution in [2.75, 3.05) is 39.8 Å². The molecule has 2 N–H and O–H groups in total. The summed E-state index contributed by atoms with van der Waals surface area (Å²) < 4.78 is 5.71. The first kappa shape index (κ1) is 20.2. The molecule has 1 saturated heterocycles.